The van der Waals surface area contributed by atoms with Crippen molar-refractivity contribution in [3.63, 3.8) is 0 Å². The third-order valence-electron chi connectivity index (χ3n) is 4.93. The van der Waals surface area contributed by atoms with E-state index in [4.69, 9.17) is 14.0 Å². The Morgan fingerprint density at radius 1 is 0.935 bits per heavy atom. The molecule has 0 aliphatic heterocycles. The molecule has 0 amide bonds. The summed E-state index contributed by atoms with van der Waals surface area (Å²) in [6, 6.07) is 18.2. The predicted molar refractivity (Wildman–Crippen MR) is 124 cm³/mol. The Kier molecular flexibility index (Phi) is 7.77. The zero-order valence-corrected chi connectivity index (χ0v) is 19.4. The second-order valence-corrected chi connectivity index (χ2v) is 9.61. The molecule has 6 heteroatoms. The molecule has 0 spiro atoms. The van der Waals surface area contributed by atoms with Gasteiger partial charge in [-0.25, -0.2) is 4.39 Å². The molecule has 0 aliphatic carbocycles. The summed E-state index contributed by atoms with van der Waals surface area (Å²) in [4.78, 5) is 4.94. The Hall–Kier alpha value is -2.33. The minimum absolute atomic E-state index is 0.0783. The van der Waals surface area contributed by atoms with Crippen LogP contribution < -0.4 is 0 Å². The second-order valence-electron chi connectivity index (χ2n) is 7.55. The monoisotopic (exact) mass is 441 g/mol. The Bertz CT molecular complexity index is 1040. The largest absolute Gasteiger partial charge is 0.335 e. The first kappa shape index (κ1) is 23.3. The van der Waals surface area contributed by atoms with Crippen molar-refractivity contribution >= 4 is 7.60 Å². The van der Waals surface area contributed by atoms with Gasteiger partial charge in [0.25, 0.3) is 0 Å². The molecule has 0 saturated heterocycles. The number of halogens is 1. The van der Waals surface area contributed by atoms with E-state index in [0.29, 0.717) is 0 Å². The number of benzene rings is 2. The van der Waals surface area contributed by atoms with Crippen molar-refractivity contribution < 1.29 is 18.0 Å². The minimum Gasteiger partial charge on any atom is -0.309 e. The molecule has 0 radical (unpaired) electrons. The molecule has 0 unspecified atom stereocenters. The maximum absolute atomic E-state index is 13.6. The van der Waals surface area contributed by atoms with Gasteiger partial charge in [-0.3, -0.25) is 9.55 Å². The van der Waals surface area contributed by atoms with Crippen molar-refractivity contribution in [1.29, 1.82) is 0 Å². The van der Waals surface area contributed by atoms with Gasteiger partial charge in [0.1, 0.15) is 5.82 Å². The van der Waals surface area contributed by atoms with Crippen LogP contribution >= 0.6 is 7.60 Å². The lowest BCUT2D eigenvalue weighted by molar-refractivity contribution is 0.219. The molecule has 0 bridgehead atoms. The molecular formula is C25H29FNO3P. The minimum atomic E-state index is -3.37. The topological polar surface area (TPSA) is 48.4 Å². The number of rotatable bonds is 9. The number of nitrogens with zero attached hydrogens (tertiary/aromatic N) is 1. The molecule has 2 aromatic carbocycles. The molecule has 0 saturated carbocycles. The third-order valence-corrected chi connectivity index (χ3v) is 6.94. The van der Waals surface area contributed by atoms with E-state index in [-0.39, 0.29) is 31.1 Å². The summed E-state index contributed by atoms with van der Waals surface area (Å²) >= 11 is 0. The molecule has 0 fully saturated rings. The first-order valence-electron chi connectivity index (χ1n) is 10.6. The Morgan fingerprint density at radius 2 is 1.55 bits per heavy atom. The third kappa shape index (κ3) is 5.68. The molecule has 1 heterocycles. The smallest absolute Gasteiger partial charge is 0.309 e. The van der Waals surface area contributed by atoms with E-state index in [2.05, 4.69) is 13.8 Å². The predicted octanol–water partition coefficient (Wildman–Crippen LogP) is 7.44. The van der Waals surface area contributed by atoms with E-state index in [1.807, 2.05) is 36.4 Å². The van der Waals surface area contributed by atoms with Crippen LogP contribution in [-0.4, -0.2) is 18.2 Å². The lowest BCUT2D eigenvalue weighted by atomic mass is 9.93. The molecule has 0 aliphatic rings. The van der Waals surface area contributed by atoms with Gasteiger partial charge in [-0.1, -0.05) is 56.3 Å². The standard InChI is InChI=1S/C25H29FNO3P/c1-5-29-31(28,30-6-2)17-23-22(19-12-14-21(26)15-13-19)16-24(27-25(23)18(3)4)20-10-8-7-9-11-20/h7-16,18H,5-6,17H2,1-4H3. The first-order chi connectivity index (χ1) is 14.9. The summed E-state index contributed by atoms with van der Waals surface area (Å²) in [6.07, 6.45) is 0.108. The fourth-order valence-electron chi connectivity index (χ4n) is 3.59. The highest BCUT2D eigenvalue weighted by atomic mass is 31.2. The van der Waals surface area contributed by atoms with Gasteiger partial charge in [-0.15, -0.1) is 0 Å². The number of hydrogen-bond donors (Lipinski definition) is 0. The summed E-state index contributed by atoms with van der Waals surface area (Å²) in [7, 11) is -3.37. The summed E-state index contributed by atoms with van der Waals surface area (Å²) in [5.41, 5.74) is 5.13. The number of hydrogen-bond acceptors (Lipinski definition) is 4. The molecule has 0 N–H and O–H groups in total. The molecular weight excluding hydrogens is 412 g/mol. The SMILES string of the molecule is CCOP(=O)(Cc1c(-c2ccc(F)cc2)cc(-c2ccccc2)nc1C(C)C)OCC. The molecule has 31 heavy (non-hydrogen) atoms. The van der Waals surface area contributed by atoms with Crippen molar-refractivity contribution in [2.24, 2.45) is 0 Å². The van der Waals surface area contributed by atoms with Crippen LogP contribution in [0.1, 0.15) is 44.9 Å². The van der Waals surface area contributed by atoms with Crippen LogP contribution in [0.5, 0.6) is 0 Å². The van der Waals surface area contributed by atoms with Crippen molar-refractivity contribution in [3.05, 3.63) is 77.7 Å². The highest BCUT2D eigenvalue weighted by molar-refractivity contribution is 7.53. The number of aromatic nitrogens is 1. The van der Waals surface area contributed by atoms with Gasteiger partial charge in [0.05, 0.1) is 25.1 Å². The average Bonchev–Trinajstić information content (AvgIpc) is 2.75. The van der Waals surface area contributed by atoms with Crippen LogP contribution in [0.4, 0.5) is 4.39 Å². The van der Waals surface area contributed by atoms with Crippen molar-refractivity contribution in [1.82, 2.24) is 4.98 Å². The normalized spacial score (nSPS) is 11.8. The fraction of sp³-hybridized carbons (Fsp3) is 0.320. The lowest BCUT2D eigenvalue weighted by Crippen LogP contribution is -2.08. The van der Waals surface area contributed by atoms with Gasteiger partial charge in [-0.05, 0) is 54.7 Å². The maximum atomic E-state index is 13.6. The Balaban J connectivity index is 2.26. The van der Waals surface area contributed by atoms with Gasteiger partial charge in [-0.2, -0.15) is 0 Å². The molecule has 1 aromatic heterocycles. The molecule has 0 atom stereocenters. The van der Waals surface area contributed by atoms with E-state index >= 15 is 0 Å². The van der Waals surface area contributed by atoms with Crippen LogP contribution in [0.2, 0.25) is 0 Å². The Morgan fingerprint density at radius 3 is 2.10 bits per heavy atom. The van der Waals surface area contributed by atoms with E-state index < -0.39 is 7.60 Å². The maximum Gasteiger partial charge on any atom is 0.335 e. The summed E-state index contributed by atoms with van der Waals surface area (Å²) in [5, 5.41) is 0. The van der Waals surface area contributed by atoms with Crippen LogP contribution in [0.3, 0.4) is 0 Å². The highest BCUT2D eigenvalue weighted by Crippen LogP contribution is 2.53. The van der Waals surface area contributed by atoms with Crippen LogP contribution in [0.25, 0.3) is 22.4 Å². The summed E-state index contributed by atoms with van der Waals surface area (Å²) < 4.78 is 38.2. The van der Waals surface area contributed by atoms with E-state index in [0.717, 1.165) is 33.6 Å². The number of pyridine rings is 1. The quantitative estimate of drug-likeness (QED) is 0.324. The molecule has 4 nitrogen and oxygen atoms in total. The fourth-order valence-corrected chi connectivity index (χ4v) is 5.36. The van der Waals surface area contributed by atoms with E-state index in [1.165, 1.54) is 12.1 Å². The highest BCUT2D eigenvalue weighted by Gasteiger charge is 2.29. The average molecular weight is 441 g/mol. The van der Waals surface area contributed by atoms with Gasteiger partial charge in [0, 0.05) is 11.3 Å². The van der Waals surface area contributed by atoms with Crippen LogP contribution in [0.15, 0.2) is 60.7 Å². The first-order valence-corrected chi connectivity index (χ1v) is 12.3. The van der Waals surface area contributed by atoms with Crippen molar-refractivity contribution in [2.45, 2.75) is 39.8 Å². The zero-order chi connectivity index (χ0) is 22.4. The van der Waals surface area contributed by atoms with Crippen molar-refractivity contribution in [2.75, 3.05) is 13.2 Å². The van der Waals surface area contributed by atoms with Crippen molar-refractivity contribution in [3.8, 4) is 22.4 Å². The zero-order valence-electron chi connectivity index (χ0n) is 18.5. The van der Waals surface area contributed by atoms with Crippen LogP contribution in [-0.2, 0) is 19.8 Å². The van der Waals surface area contributed by atoms with Crippen LogP contribution in [0, 0.1) is 5.82 Å². The van der Waals surface area contributed by atoms with E-state index in [1.54, 1.807) is 26.0 Å². The molecule has 164 valence electrons. The van der Waals surface area contributed by atoms with Gasteiger partial charge >= 0.3 is 7.60 Å². The summed E-state index contributed by atoms with van der Waals surface area (Å²) in [6.45, 7) is 8.29. The second kappa shape index (κ2) is 10.3. The molecule has 3 rings (SSSR count). The van der Waals surface area contributed by atoms with Gasteiger partial charge < -0.3 is 9.05 Å². The van der Waals surface area contributed by atoms with E-state index in [9.17, 15) is 8.96 Å². The Labute approximate surface area is 184 Å². The molecule has 3 aromatic rings. The van der Waals surface area contributed by atoms with Gasteiger partial charge in [0.2, 0.25) is 0 Å². The summed E-state index contributed by atoms with van der Waals surface area (Å²) in [5.74, 6) is -0.226. The lowest BCUT2D eigenvalue weighted by Gasteiger charge is -2.23. The van der Waals surface area contributed by atoms with Gasteiger partial charge in [0.15, 0.2) is 0 Å².